The van der Waals surface area contributed by atoms with Gasteiger partial charge in [0.05, 0.1) is 0 Å². The molecule has 1 spiro atoms. The second kappa shape index (κ2) is 7.54. The third-order valence-corrected chi connectivity index (χ3v) is 6.96. The van der Waals surface area contributed by atoms with Crippen LogP contribution in [0.4, 0.5) is 0 Å². The molecule has 2 aromatic carbocycles. The molecule has 2 heterocycles. The number of fused-ring (bicyclic) bond motifs is 1. The number of nitrogens with one attached hydrogen (secondary N) is 1. The highest BCUT2D eigenvalue weighted by atomic mass is 35.5. The molecule has 5 rings (SSSR count). The van der Waals surface area contributed by atoms with Crippen LogP contribution in [-0.2, 0) is 17.9 Å². The van der Waals surface area contributed by atoms with Crippen molar-refractivity contribution < 1.29 is 14.3 Å². The number of carbonyl (C=O) groups excluding carboxylic acids is 1. The van der Waals surface area contributed by atoms with Crippen molar-refractivity contribution in [3.63, 3.8) is 0 Å². The van der Waals surface area contributed by atoms with E-state index in [1.165, 1.54) is 0 Å². The standard InChI is InChI=1S/C23H25ClN2O3/c24-19-11-21-20(28-15-29-21)10-17(19)14-26-8-6-23(7-9-26)12-18(23)22(27)25-13-16-4-2-1-3-5-16/h1-5,10-11,18H,6-9,12-15H2,(H,25,27). The van der Waals surface area contributed by atoms with Crippen LogP contribution in [-0.4, -0.2) is 30.7 Å². The van der Waals surface area contributed by atoms with Crippen LogP contribution >= 0.6 is 11.6 Å². The normalized spacial score (nSPS) is 21.9. The molecule has 1 unspecified atom stereocenters. The molecule has 1 saturated heterocycles. The molecule has 1 atom stereocenters. The van der Waals surface area contributed by atoms with E-state index in [-0.39, 0.29) is 24.0 Å². The highest BCUT2D eigenvalue weighted by Crippen LogP contribution is 2.59. The first-order chi connectivity index (χ1) is 14.1. The predicted octanol–water partition coefficient (Wildman–Crippen LogP) is 3.99. The Morgan fingerprint density at radius 2 is 1.86 bits per heavy atom. The van der Waals surface area contributed by atoms with Gasteiger partial charge in [0.1, 0.15) is 0 Å². The molecular formula is C23H25ClN2O3. The summed E-state index contributed by atoms with van der Waals surface area (Å²) in [6.07, 6.45) is 3.16. The van der Waals surface area contributed by atoms with Crippen LogP contribution < -0.4 is 14.8 Å². The topological polar surface area (TPSA) is 50.8 Å². The van der Waals surface area contributed by atoms with Gasteiger partial charge in [-0.15, -0.1) is 0 Å². The van der Waals surface area contributed by atoms with E-state index in [0.717, 1.165) is 66.5 Å². The van der Waals surface area contributed by atoms with Gasteiger partial charge in [0.25, 0.3) is 0 Å². The summed E-state index contributed by atoms with van der Waals surface area (Å²) in [4.78, 5) is 15.0. The molecule has 1 amide bonds. The molecule has 1 aliphatic carbocycles. The second-order valence-corrected chi connectivity index (χ2v) is 8.80. The van der Waals surface area contributed by atoms with Crippen molar-refractivity contribution in [2.45, 2.75) is 32.4 Å². The first-order valence-electron chi connectivity index (χ1n) is 10.2. The molecule has 1 N–H and O–H groups in total. The Balaban J connectivity index is 1.13. The number of hydrogen-bond donors (Lipinski definition) is 1. The molecule has 152 valence electrons. The van der Waals surface area contributed by atoms with Gasteiger partial charge in [0, 0.05) is 30.1 Å². The highest BCUT2D eigenvalue weighted by Gasteiger charge is 2.58. The molecule has 29 heavy (non-hydrogen) atoms. The van der Waals surface area contributed by atoms with Crippen molar-refractivity contribution in [1.29, 1.82) is 0 Å². The van der Waals surface area contributed by atoms with Crippen LogP contribution in [0.5, 0.6) is 11.5 Å². The smallest absolute Gasteiger partial charge is 0.231 e. The zero-order chi connectivity index (χ0) is 19.8. The van der Waals surface area contributed by atoms with Gasteiger partial charge in [-0.2, -0.15) is 0 Å². The van der Waals surface area contributed by atoms with Gasteiger partial charge >= 0.3 is 0 Å². The molecule has 1 saturated carbocycles. The zero-order valence-electron chi connectivity index (χ0n) is 16.3. The maximum atomic E-state index is 12.6. The molecule has 3 aliphatic rings. The van der Waals surface area contributed by atoms with Crippen molar-refractivity contribution in [1.82, 2.24) is 10.2 Å². The molecule has 0 bridgehead atoms. The molecule has 2 fully saturated rings. The van der Waals surface area contributed by atoms with Crippen LogP contribution in [0, 0.1) is 11.3 Å². The van der Waals surface area contributed by atoms with E-state index < -0.39 is 0 Å². The van der Waals surface area contributed by atoms with Gasteiger partial charge in [-0.05, 0) is 55.0 Å². The Kier molecular flexibility index (Phi) is 4.88. The Labute approximate surface area is 175 Å². The van der Waals surface area contributed by atoms with E-state index in [2.05, 4.69) is 10.2 Å². The van der Waals surface area contributed by atoms with E-state index in [0.29, 0.717) is 6.54 Å². The van der Waals surface area contributed by atoms with Crippen molar-refractivity contribution in [2.75, 3.05) is 19.9 Å². The van der Waals surface area contributed by atoms with Gasteiger partial charge < -0.3 is 14.8 Å². The first-order valence-corrected chi connectivity index (χ1v) is 10.6. The fourth-order valence-electron chi connectivity index (χ4n) is 4.66. The number of hydrogen-bond acceptors (Lipinski definition) is 4. The SMILES string of the molecule is O=C(NCc1ccccc1)C1CC12CCN(Cc1cc3c(cc1Cl)OCO3)CC2. The van der Waals surface area contributed by atoms with E-state index in [9.17, 15) is 4.79 Å². The van der Waals surface area contributed by atoms with E-state index in [1.807, 2.05) is 42.5 Å². The Hall–Kier alpha value is -2.24. The monoisotopic (exact) mass is 412 g/mol. The Morgan fingerprint density at radius 1 is 1.14 bits per heavy atom. The zero-order valence-corrected chi connectivity index (χ0v) is 17.1. The van der Waals surface area contributed by atoms with Gasteiger partial charge in [0.2, 0.25) is 12.7 Å². The Bertz CT molecular complexity index is 910. The molecular weight excluding hydrogens is 388 g/mol. The summed E-state index contributed by atoms with van der Waals surface area (Å²) >= 11 is 6.43. The van der Waals surface area contributed by atoms with Gasteiger partial charge in [-0.1, -0.05) is 41.9 Å². The van der Waals surface area contributed by atoms with Crippen molar-refractivity contribution in [2.24, 2.45) is 11.3 Å². The third kappa shape index (κ3) is 3.81. The minimum atomic E-state index is 0.169. The minimum absolute atomic E-state index is 0.169. The Morgan fingerprint density at radius 3 is 2.62 bits per heavy atom. The lowest BCUT2D eigenvalue weighted by Crippen LogP contribution is -2.36. The summed E-state index contributed by atoms with van der Waals surface area (Å²) in [5, 5.41) is 3.84. The number of amides is 1. The maximum absolute atomic E-state index is 12.6. The number of nitrogens with zero attached hydrogens (tertiary/aromatic N) is 1. The van der Waals surface area contributed by atoms with Crippen LogP contribution in [0.2, 0.25) is 5.02 Å². The van der Waals surface area contributed by atoms with E-state index >= 15 is 0 Å². The highest BCUT2D eigenvalue weighted by molar-refractivity contribution is 6.31. The summed E-state index contributed by atoms with van der Waals surface area (Å²) in [6.45, 7) is 3.66. The van der Waals surface area contributed by atoms with Crippen molar-refractivity contribution >= 4 is 17.5 Å². The molecule has 2 aromatic rings. The molecule has 0 aromatic heterocycles. The lowest BCUT2D eigenvalue weighted by Gasteiger charge is -2.33. The maximum Gasteiger partial charge on any atom is 0.231 e. The van der Waals surface area contributed by atoms with Crippen LogP contribution in [0.25, 0.3) is 0 Å². The summed E-state index contributed by atoms with van der Waals surface area (Å²) in [5.41, 5.74) is 2.42. The molecule has 6 heteroatoms. The second-order valence-electron chi connectivity index (χ2n) is 8.40. The molecule has 2 aliphatic heterocycles. The van der Waals surface area contributed by atoms with Crippen molar-refractivity contribution in [3.05, 3.63) is 58.6 Å². The molecule has 5 nitrogen and oxygen atoms in total. The lowest BCUT2D eigenvalue weighted by atomic mass is 9.90. The fourth-order valence-corrected chi connectivity index (χ4v) is 4.87. The largest absolute Gasteiger partial charge is 0.454 e. The fraction of sp³-hybridized carbons (Fsp3) is 0.435. The molecule has 0 radical (unpaired) electrons. The summed E-state index contributed by atoms with van der Waals surface area (Å²) in [5.74, 6) is 1.87. The number of ether oxygens (including phenoxy) is 2. The van der Waals surface area contributed by atoms with Gasteiger partial charge in [-0.3, -0.25) is 9.69 Å². The van der Waals surface area contributed by atoms with Gasteiger partial charge in [-0.25, -0.2) is 0 Å². The minimum Gasteiger partial charge on any atom is -0.454 e. The lowest BCUT2D eigenvalue weighted by molar-refractivity contribution is -0.123. The van der Waals surface area contributed by atoms with E-state index in [4.69, 9.17) is 21.1 Å². The van der Waals surface area contributed by atoms with E-state index in [1.54, 1.807) is 0 Å². The average Bonchev–Trinajstić information content (AvgIpc) is 3.25. The number of piperidine rings is 1. The number of halogens is 1. The van der Waals surface area contributed by atoms with Crippen LogP contribution in [0.15, 0.2) is 42.5 Å². The number of benzene rings is 2. The van der Waals surface area contributed by atoms with Crippen LogP contribution in [0.3, 0.4) is 0 Å². The predicted molar refractivity (Wildman–Crippen MR) is 111 cm³/mol. The third-order valence-electron chi connectivity index (χ3n) is 6.60. The van der Waals surface area contributed by atoms with Crippen LogP contribution in [0.1, 0.15) is 30.4 Å². The van der Waals surface area contributed by atoms with Gasteiger partial charge in [0.15, 0.2) is 11.5 Å². The average molecular weight is 413 g/mol. The number of rotatable bonds is 5. The number of likely N-dealkylation sites (tertiary alicyclic amines) is 1. The first kappa shape index (κ1) is 18.8. The van der Waals surface area contributed by atoms with Crippen molar-refractivity contribution in [3.8, 4) is 11.5 Å². The summed E-state index contributed by atoms with van der Waals surface area (Å²) in [7, 11) is 0. The summed E-state index contributed by atoms with van der Waals surface area (Å²) in [6, 6.07) is 13.9. The summed E-state index contributed by atoms with van der Waals surface area (Å²) < 4.78 is 10.9. The number of carbonyl (C=O) groups is 1. The quantitative estimate of drug-likeness (QED) is 0.806.